The molecule has 0 saturated heterocycles. The van der Waals surface area contributed by atoms with Crippen molar-refractivity contribution in [2.75, 3.05) is 11.1 Å². The van der Waals surface area contributed by atoms with Gasteiger partial charge in [-0.3, -0.25) is 9.48 Å². The number of carbonyl (C=O) groups is 1. The number of nitrogens with one attached hydrogen (secondary N) is 1. The fourth-order valence-corrected chi connectivity index (χ4v) is 3.47. The number of aromatic nitrogens is 3. The van der Waals surface area contributed by atoms with Gasteiger partial charge in [-0.2, -0.15) is 5.10 Å². The Kier molecular flexibility index (Phi) is 3.21. The maximum Gasteiger partial charge on any atom is 0.247 e. The molecule has 1 amide bonds. The highest BCUT2D eigenvalue weighted by molar-refractivity contribution is 7.15. The smallest absolute Gasteiger partial charge is 0.247 e. The zero-order valence-corrected chi connectivity index (χ0v) is 12.4. The second-order valence-corrected chi connectivity index (χ2v) is 6.12. The lowest BCUT2D eigenvalue weighted by molar-refractivity contribution is -0.116. The van der Waals surface area contributed by atoms with Gasteiger partial charge >= 0.3 is 0 Å². The summed E-state index contributed by atoms with van der Waals surface area (Å²) in [5.41, 5.74) is 9.21. The van der Waals surface area contributed by atoms with Crippen LogP contribution in [0.4, 0.5) is 10.8 Å². The second kappa shape index (κ2) is 4.90. The number of carbonyl (C=O) groups excluding carboxylic acids is 1. The van der Waals surface area contributed by atoms with E-state index in [0.717, 1.165) is 29.9 Å². The highest BCUT2D eigenvalue weighted by atomic mass is 32.1. The average Bonchev–Trinajstić information content (AvgIpc) is 3.01. The lowest BCUT2D eigenvalue weighted by Gasteiger charge is -2.04. The van der Waals surface area contributed by atoms with E-state index in [-0.39, 0.29) is 12.5 Å². The number of thiazole rings is 1. The van der Waals surface area contributed by atoms with Crippen LogP contribution in [0, 0.1) is 13.8 Å². The Morgan fingerprint density at radius 1 is 1.45 bits per heavy atom. The summed E-state index contributed by atoms with van der Waals surface area (Å²) in [5, 5.41) is 7.79. The van der Waals surface area contributed by atoms with Crippen LogP contribution in [0.5, 0.6) is 0 Å². The van der Waals surface area contributed by atoms with Crippen LogP contribution in [0.3, 0.4) is 0 Å². The molecule has 1 aliphatic rings. The molecule has 6 nitrogen and oxygen atoms in total. The number of hydrogen-bond acceptors (Lipinski definition) is 5. The van der Waals surface area contributed by atoms with Crippen LogP contribution in [0.1, 0.15) is 28.4 Å². The van der Waals surface area contributed by atoms with E-state index in [1.54, 1.807) is 16.0 Å². The first-order chi connectivity index (χ1) is 9.54. The molecule has 0 saturated carbocycles. The molecule has 0 fully saturated rings. The maximum absolute atomic E-state index is 12.0. The van der Waals surface area contributed by atoms with Crippen molar-refractivity contribution in [2.45, 2.75) is 39.7 Å². The Morgan fingerprint density at radius 2 is 2.25 bits per heavy atom. The third-order valence-corrected chi connectivity index (χ3v) is 4.65. The SMILES string of the molecule is Cc1nn(CC(=O)Nc2nc3c(s2)CCC3)c(C)c1N. The summed E-state index contributed by atoms with van der Waals surface area (Å²) in [6.45, 7) is 3.86. The molecular weight excluding hydrogens is 274 g/mol. The fraction of sp³-hybridized carbons (Fsp3) is 0.462. The van der Waals surface area contributed by atoms with Crippen LogP contribution in [-0.2, 0) is 24.2 Å². The number of nitrogen functional groups attached to an aromatic ring is 1. The van der Waals surface area contributed by atoms with E-state index < -0.39 is 0 Å². The van der Waals surface area contributed by atoms with Gasteiger partial charge in [0.1, 0.15) is 6.54 Å². The molecule has 0 aromatic carbocycles. The van der Waals surface area contributed by atoms with Crippen LogP contribution in [0.25, 0.3) is 0 Å². The minimum Gasteiger partial charge on any atom is -0.396 e. The Hall–Kier alpha value is -1.89. The summed E-state index contributed by atoms with van der Waals surface area (Å²) in [4.78, 5) is 17.8. The van der Waals surface area contributed by atoms with E-state index in [1.807, 2.05) is 13.8 Å². The number of nitrogens with zero attached hydrogens (tertiary/aromatic N) is 3. The normalized spacial score (nSPS) is 13.5. The van der Waals surface area contributed by atoms with Crippen molar-refractivity contribution in [3.8, 4) is 0 Å². The predicted octanol–water partition coefficient (Wildman–Crippen LogP) is 1.67. The van der Waals surface area contributed by atoms with Crippen molar-refractivity contribution in [1.29, 1.82) is 0 Å². The van der Waals surface area contributed by atoms with Crippen molar-refractivity contribution in [3.05, 3.63) is 22.0 Å². The van der Waals surface area contributed by atoms with E-state index in [9.17, 15) is 4.79 Å². The van der Waals surface area contributed by atoms with E-state index in [2.05, 4.69) is 15.4 Å². The first-order valence-corrected chi connectivity index (χ1v) is 7.44. The Labute approximate surface area is 121 Å². The minimum absolute atomic E-state index is 0.122. The largest absolute Gasteiger partial charge is 0.396 e. The minimum atomic E-state index is -0.122. The van der Waals surface area contributed by atoms with Gasteiger partial charge in [-0.1, -0.05) is 0 Å². The first kappa shape index (κ1) is 13.1. The summed E-state index contributed by atoms with van der Waals surface area (Å²) < 4.78 is 1.63. The Morgan fingerprint density at radius 3 is 2.90 bits per heavy atom. The molecule has 7 heteroatoms. The maximum atomic E-state index is 12.0. The van der Waals surface area contributed by atoms with Crippen molar-refractivity contribution in [1.82, 2.24) is 14.8 Å². The lowest BCUT2D eigenvalue weighted by Crippen LogP contribution is -2.20. The number of rotatable bonds is 3. The third kappa shape index (κ3) is 2.29. The monoisotopic (exact) mass is 291 g/mol. The zero-order chi connectivity index (χ0) is 14.3. The van der Waals surface area contributed by atoms with E-state index in [0.29, 0.717) is 10.8 Å². The van der Waals surface area contributed by atoms with E-state index >= 15 is 0 Å². The molecule has 3 rings (SSSR count). The van der Waals surface area contributed by atoms with Crippen molar-refractivity contribution < 1.29 is 4.79 Å². The zero-order valence-electron chi connectivity index (χ0n) is 11.6. The quantitative estimate of drug-likeness (QED) is 0.900. The average molecular weight is 291 g/mol. The second-order valence-electron chi connectivity index (χ2n) is 5.03. The molecule has 2 aromatic heterocycles. The molecule has 0 aliphatic heterocycles. The molecular formula is C13H17N5OS. The van der Waals surface area contributed by atoms with Gasteiger partial charge in [0.05, 0.1) is 22.8 Å². The molecule has 0 bridgehead atoms. The predicted molar refractivity (Wildman–Crippen MR) is 78.9 cm³/mol. The van der Waals surface area contributed by atoms with Gasteiger partial charge in [0.15, 0.2) is 5.13 Å². The molecule has 3 N–H and O–H groups in total. The van der Waals surface area contributed by atoms with Crippen LogP contribution in [0.2, 0.25) is 0 Å². The lowest BCUT2D eigenvalue weighted by atomic mass is 10.3. The molecule has 0 unspecified atom stereocenters. The van der Waals surface area contributed by atoms with E-state index in [4.69, 9.17) is 5.73 Å². The van der Waals surface area contributed by atoms with Gasteiger partial charge < -0.3 is 11.1 Å². The van der Waals surface area contributed by atoms with Gasteiger partial charge in [0, 0.05) is 4.88 Å². The number of amides is 1. The third-order valence-electron chi connectivity index (χ3n) is 3.57. The number of nitrogens with two attached hydrogens (primary N) is 1. The summed E-state index contributed by atoms with van der Waals surface area (Å²) in [6.07, 6.45) is 3.28. The number of anilines is 2. The summed E-state index contributed by atoms with van der Waals surface area (Å²) >= 11 is 1.58. The van der Waals surface area contributed by atoms with Gasteiger partial charge in [-0.25, -0.2) is 4.98 Å². The van der Waals surface area contributed by atoms with Gasteiger partial charge in [0.2, 0.25) is 5.91 Å². The van der Waals surface area contributed by atoms with Crippen LogP contribution in [0.15, 0.2) is 0 Å². The van der Waals surface area contributed by atoms with Crippen molar-refractivity contribution >= 4 is 28.1 Å². The number of hydrogen-bond donors (Lipinski definition) is 2. The molecule has 2 aromatic rings. The summed E-state index contributed by atoms with van der Waals surface area (Å²) in [6, 6.07) is 0. The number of fused-ring (bicyclic) bond motifs is 1. The van der Waals surface area contributed by atoms with Crippen molar-refractivity contribution in [3.63, 3.8) is 0 Å². The Balaban J connectivity index is 1.68. The topological polar surface area (TPSA) is 85.8 Å². The standard InChI is InChI=1S/C13H17N5OS/c1-7-12(14)8(2)18(17-7)6-11(19)16-13-15-9-4-3-5-10(9)20-13/h3-6,14H2,1-2H3,(H,15,16,19). The molecule has 0 spiro atoms. The fourth-order valence-electron chi connectivity index (χ4n) is 2.40. The van der Waals surface area contributed by atoms with Gasteiger partial charge in [-0.05, 0) is 33.1 Å². The van der Waals surface area contributed by atoms with Crippen LogP contribution >= 0.6 is 11.3 Å². The van der Waals surface area contributed by atoms with Gasteiger partial charge in [-0.15, -0.1) is 11.3 Å². The van der Waals surface area contributed by atoms with Gasteiger partial charge in [0.25, 0.3) is 0 Å². The molecule has 106 valence electrons. The molecule has 1 aliphatic carbocycles. The van der Waals surface area contributed by atoms with Crippen LogP contribution < -0.4 is 11.1 Å². The Bertz CT molecular complexity index is 651. The molecule has 20 heavy (non-hydrogen) atoms. The van der Waals surface area contributed by atoms with Crippen LogP contribution in [-0.4, -0.2) is 20.7 Å². The summed E-state index contributed by atoms with van der Waals surface area (Å²) in [7, 11) is 0. The number of aryl methyl sites for hydroxylation is 3. The first-order valence-electron chi connectivity index (χ1n) is 6.62. The highest BCUT2D eigenvalue weighted by Crippen LogP contribution is 2.30. The molecule has 2 heterocycles. The van der Waals surface area contributed by atoms with E-state index in [1.165, 1.54) is 11.3 Å². The van der Waals surface area contributed by atoms with Crippen molar-refractivity contribution in [2.24, 2.45) is 0 Å². The molecule has 0 atom stereocenters. The molecule has 0 radical (unpaired) electrons. The summed E-state index contributed by atoms with van der Waals surface area (Å²) in [5.74, 6) is -0.122. The highest BCUT2D eigenvalue weighted by Gasteiger charge is 2.18.